The van der Waals surface area contributed by atoms with Crippen molar-refractivity contribution < 1.29 is 9.59 Å². The number of rotatable bonds is 6. The predicted octanol–water partition coefficient (Wildman–Crippen LogP) is 3.83. The normalized spacial score (nSPS) is 11.7. The molecule has 1 N–H and O–H groups in total. The summed E-state index contributed by atoms with van der Waals surface area (Å²) in [5.74, 6) is -0.120. The van der Waals surface area contributed by atoms with E-state index in [0.717, 1.165) is 5.56 Å². The van der Waals surface area contributed by atoms with Crippen molar-refractivity contribution in [3.05, 3.63) is 70.7 Å². The Bertz CT molecular complexity index is 638. The standard InChI is InChI=1S/C18H18ClNO2/c1-13(21)20-12-16(14-7-9-17(19)10-8-14)11-18(22)15-5-3-2-4-6-15/h2-10,16H,11-12H2,1H3,(H,20,21). The highest BCUT2D eigenvalue weighted by atomic mass is 35.5. The lowest BCUT2D eigenvalue weighted by Crippen LogP contribution is -2.27. The fraction of sp³-hybridized carbons (Fsp3) is 0.222. The summed E-state index contributed by atoms with van der Waals surface area (Å²) in [5.41, 5.74) is 1.67. The number of nitrogens with one attached hydrogen (secondary N) is 1. The van der Waals surface area contributed by atoms with Crippen LogP contribution in [0.4, 0.5) is 0 Å². The first kappa shape index (κ1) is 16.2. The largest absolute Gasteiger partial charge is 0.356 e. The second kappa shape index (κ2) is 7.76. The van der Waals surface area contributed by atoms with Crippen LogP contribution in [-0.2, 0) is 4.79 Å². The van der Waals surface area contributed by atoms with Gasteiger partial charge in [-0.25, -0.2) is 0 Å². The van der Waals surface area contributed by atoms with Gasteiger partial charge in [-0.2, -0.15) is 0 Å². The lowest BCUT2D eigenvalue weighted by Gasteiger charge is -2.17. The van der Waals surface area contributed by atoms with Gasteiger partial charge < -0.3 is 5.32 Å². The lowest BCUT2D eigenvalue weighted by atomic mass is 9.91. The molecule has 22 heavy (non-hydrogen) atoms. The van der Waals surface area contributed by atoms with Crippen molar-refractivity contribution >= 4 is 23.3 Å². The van der Waals surface area contributed by atoms with E-state index in [9.17, 15) is 9.59 Å². The molecule has 0 saturated heterocycles. The van der Waals surface area contributed by atoms with E-state index in [-0.39, 0.29) is 17.6 Å². The van der Waals surface area contributed by atoms with Gasteiger partial charge in [-0.1, -0.05) is 54.1 Å². The van der Waals surface area contributed by atoms with Crippen molar-refractivity contribution in [2.45, 2.75) is 19.3 Å². The molecular weight excluding hydrogens is 298 g/mol. The van der Waals surface area contributed by atoms with Crippen LogP contribution in [-0.4, -0.2) is 18.2 Å². The van der Waals surface area contributed by atoms with Gasteiger partial charge in [-0.05, 0) is 17.7 Å². The molecule has 2 aromatic carbocycles. The van der Waals surface area contributed by atoms with Crippen LogP contribution in [0.5, 0.6) is 0 Å². The molecule has 1 amide bonds. The Kier molecular flexibility index (Phi) is 5.73. The molecule has 1 atom stereocenters. The Labute approximate surface area is 135 Å². The molecule has 4 heteroatoms. The molecule has 2 rings (SSSR count). The molecule has 0 bridgehead atoms. The zero-order valence-electron chi connectivity index (χ0n) is 12.4. The first-order valence-corrected chi connectivity index (χ1v) is 7.52. The third-order valence-electron chi connectivity index (χ3n) is 3.47. The summed E-state index contributed by atoms with van der Waals surface area (Å²) in [4.78, 5) is 23.6. The van der Waals surface area contributed by atoms with Crippen molar-refractivity contribution in [3.63, 3.8) is 0 Å². The molecule has 0 radical (unpaired) electrons. The Morgan fingerprint density at radius 1 is 1.05 bits per heavy atom. The molecule has 2 aromatic rings. The highest BCUT2D eigenvalue weighted by molar-refractivity contribution is 6.30. The summed E-state index contributed by atoms with van der Waals surface area (Å²) in [5, 5.41) is 3.44. The Balaban J connectivity index is 2.15. The van der Waals surface area contributed by atoms with Crippen molar-refractivity contribution in [1.82, 2.24) is 5.32 Å². The summed E-state index contributed by atoms with van der Waals surface area (Å²) in [6.07, 6.45) is 0.339. The van der Waals surface area contributed by atoms with E-state index in [1.807, 2.05) is 30.3 Å². The van der Waals surface area contributed by atoms with Crippen molar-refractivity contribution in [2.75, 3.05) is 6.54 Å². The van der Waals surface area contributed by atoms with E-state index in [2.05, 4.69) is 5.32 Å². The maximum Gasteiger partial charge on any atom is 0.216 e. The number of carbonyl (C=O) groups excluding carboxylic acids is 2. The zero-order valence-corrected chi connectivity index (χ0v) is 13.1. The average Bonchev–Trinajstić information content (AvgIpc) is 2.53. The second-order valence-corrected chi connectivity index (χ2v) is 5.62. The fourth-order valence-corrected chi connectivity index (χ4v) is 2.40. The van der Waals surface area contributed by atoms with Crippen molar-refractivity contribution in [2.24, 2.45) is 0 Å². The minimum atomic E-state index is -0.105. The SMILES string of the molecule is CC(=O)NCC(CC(=O)c1ccccc1)c1ccc(Cl)cc1. The van der Waals surface area contributed by atoms with Gasteiger partial charge in [0.05, 0.1) is 0 Å². The van der Waals surface area contributed by atoms with Gasteiger partial charge in [0.25, 0.3) is 0 Å². The number of hydrogen-bond donors (Lipinski definition) is 1. The van der Waals surface area contributed by atoms with E-state index in [1.54, 1.807) is 24.3 Å². The number of amides is 1. The van der Waals surface area contributed by atoms with E-state index in [1.165, 1.54) is 6.92 Å². The summed E-state index contributed by atoms with van der Waals surface area (Å²) < 4.78 is 0. The average molecular weight is 316 g/mol. The first-order valence-electron chi connectivity index (χ1n) is 7.14. The molecule has 0 aliphatic rings. The van der Waals surface area contributed by atoms with E-state index in [4.69, 9.17) is 11.6 Å². The summed E-state index contributed by atoms with van der Waals surface area (Å²) in [7, 11) is 0. The van der Waals surface area contributed by atoms with Crippen LogP contribution < -0.4 is 5.32 Å². The molecule has 114 valence electrons. The van der Waals surface area contributed by atoms with Gasteiger partial charge in [0, 0.05) is 36.4 Å². The molecular formula is C18H18ClNO2. The summed E-state index contributed by atoms with van der Waals surface area (Å²) >= 11 is 5.91. The highest BCUT2D eigenvalue weighted by Crippen LogP contribution is 2.23. The fourth-order valence-electron chi connectivity index (χ4n) is 2.28. The van der Waals surface area contributed by atoms with Gasteiger partial charge >= 0.3 is 0 Å². The van der Waals surface area contributed by atoms with E-state index < -0.39 is 0 Å². The van der Waals surface area contributed by atoms with Gasteiger partial charge in [0.1, 0.15) is 0 Å². The zero-order chi connectivity index (χ0) is 15.9. The minimum absolute atomic E-state index is 0.0610. The van der Waals surface area contributed by atoms with Crippen LogP contribution >= 0.6 is 11.6 Å². The molecule has 0 heterocycles. The first-order chi connectivity index (χ1) is 10.6. The molecule has 0 aromatic heterocycles. The molecule has 0 saturated carbocycles. The van der Waals surface area contributed by atoms with E-state index >= 15 is 0 Å². The van der Waals surface area contributed by atoms with Gasteiger partial charge in [0.15, 0.2) is 5.78 Å². The number of carbonyl (C=O) groups is 2. The molecule has 0 fully saturated rings. The second-order valence-electron chi connectivity index (χ2n) is 5.18. The molecule has 1 unspecified atom stereocenters. The quantitative estimate of drug-likeness (QED) is 0.823. The van der Waals surface area contributed by atoms with Gasteiger partial charge in [-0.3, -0.25) is 9.59 Å². The Morgan fingerprint density at radius 2 is 1.68 bits per heavy atom. The van der Waals surface area contributed by atoms with Crippen molar-refractivity contribution in [3.8, 4) is 0 Å². The predicted molar refractivity (Wildman–Crippen MR) is 88.3 cm³/mol. The number of hydrogen-bond acceptors (Lipinski definition) is 2. The summed E-state index contributed by atoms with van der Waals surface area (Å²) in [6, 6.07) is 16.6. The molecule has 0 aliphatic heterocycles. The maximum atomic E-state index is 12.4. The van der Waals surface area contributed by atoms with Gasteiger partial charge in [-0.15, -0.1) is 0 Å². The monoisotopic (exact) mass is 315 g/mol. The third-order valence-corrected chi connectivity index (χ3v) is 3.72. The smallest absolute Gasteiger partial charge is 0.216 e. The maximum absolute atomic E-state index is 12.4. The molecule has 0 aliphatic carbocycles. The van der Waals surface area contributed by atoms with Crippen LogP contribution in [0.1, 0.15) is 35.2 Å². The van der Waals surface area contributed by atoms with E-state index in [0.29, 0.717) is 23.6 Å². The topological polar surface area (TPSA) is 46.2 Å². The van der Waals surface area contributed by atoms with Crippen LogP contribution in [0.3, 0.4) is 0 Å². The van der Waals surface area contributed by atoms with Crippen LogP contribution in [0.15, 0.2) is 54.6 Å². The van der Waals surface area contributed by atoms with Crippen LogP contribution in [0.2, 0.25) is 5.02 Å². The Morgan fingerprint density at radius 3 is 2.27 bits per heavy atom. The number of benzene rings is 2. The third kappa shape index (κ3) is 4.71. The molecule has 0 spiro atoms. The molecule has 3 nitrogen and oxygen atoms in total. The van der Waals surface area contributed by atoms with Crippen molar-refractivity contribution in [1.29, 1.82) is 0 Å². The van der Waals surface area contributed by atoms with Crippen LogP contribution in [0.25, 0.3) is 0 Å². The number of ketones is 1. The van der Waals surface area contributed by atoms with Gasteiger partial charge in [0.2, 0.25) is 5.91 Å². The van der Waals surface area contributed by atoms with Crippen LogP contribution in [0, 0.1) is 0 Å². The Hall–Kier alpha value is -2.13. The number of halogens is 1. The highest BCUT2D eigenvalue weighted by Gasteiger charge is 2.17. The summed E-state index contributed by atoms with van der Waals surface area (Å²) in [6.45, 7) is 1.90. The lowest BCUT2D eigenvalue weighted by molar-refractivity contribution is -0.119. The number of Topliss-reactive ketones (excluding diaryl/α,β-unsaturated/α-hetero) is 1. The minimum Gasteiger partial charge on any atom is -0.356 e.